The number of alkyl halides is 1. The maximum absolute atomic E-state index is 13.9. The topological polar surface area (TPSA) is 25.2 Å². The molecular formula is C10H14FNO. The van der Waals surface area contributed by atoms with Gasteiger partial charge in [0.1, 0.15) is 17.2 Å². The van der Waals surface area contributed by atoms with Crippen LogP contribution in [-0.4, -0.2) is 18.8 Å². The van der Waals surface area contributed by atoms with E-state index >= 15 is 0 Å². The smallest absolute Gasteiger partial charge is 0.131 e. The van der Waals surface area contributed by atoms with Crippen molar-refractivity contribution >= 4 is 0 Å². The summed E-state index contributed by atoms with van der Waals surface area (Å²) in [5.41, 5.74) is -1.09. The molecule has 1 aromatic heterocycles. The highest BCUT2D eigenvalue weighted by Crippen LogP contribution is 2.25. The van der Waals surface area contributed by atoms with Crippen LogP contribution in [-0.2, 0) is 6.42 Å². The minimum atomic E-state index is -1.09. The van der Waals surface area contributed by atoms with Crippen molar-refractivity contribution in [1.29, 1.82) is 0 Å². The van der Waals surface area contributed by atoms with Crippen molar-refractivity contribution in [3.63, 3.8) is 0 Å². The van der Waals surface area contributed by atoms with E-state index in [1.807, 2.05) is 19.1 Å². The predicted octanol–water partition coefficient (Wildman–Crippen LogP) is 1.83. The van der Waals surface area contributed by atoms with E-state index in [0.29, 0.717) is 19.4 Å². The molecule has 1 saturated heterocycles. The number of furan rings is 1. The molecule has 3 heteroatoms. The van der Waals surface area contributed by atoms with Gasteiger partial charge in [0.25, 0.3) is 0 Å². The first-order chi connectivity index (χ1) is 6.18. The average Bonchev–Trinajstić information content (AvgIpc) is 2.62. The first kappa shape index (κ1) is 8.75. The molecule has 0 aromatic carbocycles. The molecule has 72 valence electrons. The zero-order valence-electron chi connectivity index (χ0n) is 7.77. The van der Waals surface area contributed by atoms with Crippen molar-refractivity contribution < 1.29 is 8.81 Å². The van der Waals surface area contributed by atoms with Gasteiger partial charge in [0.2, 0.25) is 0 Å². The minimum absolute atomic E-state index is 0.397. The predicted molar refractivity (Wildman–Crippen MR) is 48.5 cm³/mol. The van der Waals surface area contributed by atoms with Crippen molar-refractivity contribution in [2.45, 2.75) is 25.4 Å². The van der Waals surface area contributed by atoms with Gasteiger partial charge in [0.15, 0.2) is 0 Å². The Morgan fingerprint density at radius 3 is 3.00 bits per heavy atom. The number of nitrogens with one attached hydrogen (secondary N) is 1. The highest BCUT2D eigenvalue weighted by atomic mass is 19.1. The third kappa shape index (κ3) is 1.91. The van der Waals surface area contributed by atoms with E-state index in [1.165, 1.54) is 0 Å². The van der Waals surface area contributed by atoms with Gasteiger partial charge in [0.05, 0.1) is 0 Å². The number of hydrogen-bond acceptors (Lipinski definition) is 2. The molecule has 13 heavy (non-hydrogen) atoms. The fourth-order valence-corrected chi connectivity index (χ4v) is 1.76. The zero-order chi connectivity index (χ0) is 9.31. The third-order valence-corrected chi connectivity index (χ3v) is 2.48. The molecule has 2 rings (SSSR count). The molecule has 1 N–H and O–H groups in total. The first-order valence-electron chi connectivity index (χ1n) is 4.63. The van der Waals surface area contributed by atoms with Crippen LogP contribution in [0.4, 0.5) is 4.39 Å². The molecule has 1 unspecified atom stereocenters. The van der Waals surface area contributed by atoms with Crippen LogP contribution in [0.5, 0.6) is 0 Å². The summed E-state index contributed by atoms with van der Waals surface area (Å²) in [4.78, 5) is 0. The zero-order valence-corrected chi connectivity index (χ0v) is 7.77. The summed E-state index contributed by atoms with van der Waals surface area (Å²) in [6.45, 7) is 3.10. The lowest BCUT2D eigenvalue weighted by Crippen LogP contribution is -2.28. The second kappa shape index (κ2) is 3.14. The van der Waals surface area contributed by atoms with Gasteiger partial charge in [-0.05, 0) is 32.0 Å². The molecule has 2 heterocycles. The van der Waals surface area contributed by atoms with Gasteiger partial charge in [-0.15, -0.1) is 0 Å². The fourth-order valence-electron chi connectivity index (χ4n) is 1.76. The third-order valence-electron chi connectivity index (χ3n) is 2.48. The second-order valence-electron chi connectivity index (χ2n) is 3.77. The van der Waals surface area contributed by atoms with Gasteiger partial charge in [-0.2, -0.15) is 0 Å². The van der Waals surface area contributed by atoms with Gasteiger partial charge in [0, 0.05) is 13.0 Å². The molecule has 1 aromatic rings. The summed E-state index contributed by atoms with van der Waals surface area (Å²) >= 11 is 0. The molecule has 2 nitrogen and oxygen atoms in total. The summed E-state index contributed by atoms with van der Waals surface area (Å²) < 4.78 is 19.2. The molecule has 0 amide bonds. The molecule has 1 atom stereocenters. The van der Waals surface area contributed by atoms with Crippen molar-refractivity contribution in [2.24, 2.45) is 0 Å². The Bertz CT molecular complexity index is 289. The summed E-state index contributed by atoms with van der Waals surface area (Å²) in [5.74, 6) is 1.60. The molecular weight excluding hydrogens is 169 g/mol. The molecule has 0 bridgehead atoms. The van der Waals surface area contributed by atoms with Crippen LogP contribution in [0, 0.1) is 6.92 Å². The minimum Gasteiger partial charge on any atom is -0.466 e. The molecule has 1 fully saturated rings. The monoisotopic (exact) mass is 183 g/mol. The van der Waals surface area contributed by atoms with Crippen LogP contribution in [0.1, 0.15) is 17.9 Å². The molecule has 0 aliphatic carbocycles. The van der Waals surface area contributed by atoms with E-state index in [0.717, 1.165) is 18.1 Å². The quantitative estimate of drug-likeness (QED) is 0.756. The Balaban J connectivity index is 2.04. The number of hydrogen-bond donors (Lipinski definition) is 1. The van der Waals surface area contributed by atoms with Crippen molar-refractivity contribution in [1.82, 2.24) is 5.32 Å². The first-order valence-corrected chi connectivity index (χ1v) is 4.63. The molecule has 0 radical (unpaired) electrons. The Hall–Kier alpha value is -0.830. The lowest BCUT2D eigenvalue weighted by atomic mass is 10.00. The number of rotatable bonds is 2. The largest absolute Gasteiger partial charge is 0.466 e. The van der Waals surface area contributed by atoms with Gasteiger partial charge >= 0.3 is 0 Å². The van der Waals surface area contributed by atoms with E-state index in [4.69, 9.17) is 4.42 Å². The van der Waals surface area contributed by atoms with Crippen molar-refractivity contribution in [3.05, 3.63) is 23.7 Å². The van der Waals surface area contributed by atoms with Gasteiger partial charge < -0.3 is 9.73 Å². The lowest BCUT2D eigenvalue weighted by Gasteiger charge is -2.15. The van der Waals surface area contributed by atoms with E-state index in [-0.39, 0.29) is 0 Å². The molecule has 0 spiro atoms. The molecule has 0 saturated carbocycles. The van der Waals surface area contributed by atoms with E-state index in [1.54, 1.807) is 0 Å². The Labute approximate surface area is 77.1 Å². The SMILES string of the molecule is Cc1ccc(CC2(F)CCNC2)o1. The second-order valence-corrected chi connectivity index (χ2v) is 3.77. The fraction of sp³-hybridized carbons (Fsp3) is 0.600. The number of halogens is 1. The highest BCUT2D eigenvalue weighted by molar-refractivity contribution is 5.09. The van der Waals surface area contributed by atoms with E-state index in [2.05, 4.69) is 5.32 Å². The lowest BCUT2D eigenvalue weighted by molar-refractivity contribution is 0.179. The van der Waals surface area contributed by atoms with Crippen LogP contribution in [0.2, 0.25) is 0 Å². The van der Waals surface area contributed by atoms with Gasteiger partial charge in [-0.3, -0.25) is 0 Å². The normalized spacial score (nSPS) is 28.2. The van der Waals surface area contributed by atoms with Crippen molar-refractivity contribution in [3.8, 4) is 0 Å². The van der Waals surface area contributed by atoms with E-state index in [9.17, 15) is 4.39 Å². The summed E-state index contributed by atoms with van der Waals surface area (Å²) in [5, 5.41) is 3.02. The van der Waals surface area contributed by atoms with Gasteiger partial charge in [-0.1, -0.05) is 0 Å². The standard InChI is InChI=1S/C10H14FNO/c1-8-2-3-9(13-8)6-10(11)4-5-12-7-10/h2-3,12H,4-7H2,1H3. The van der Waals surface area contributed by atoms with Crippen molar-refractivity contribution in [2.75, 3.05) is 13.1 Å². The average molecular weight is 183 g/mol. The summed E-state index contributed by atoms with van der Waals surface area (Å²) in [6.07, 6.45) is 0.987. The van der Waals surface area contributed by atoms with Crippen LogP contribution in [0.15, 0.2) is 16.5 Å². The van der Waals surface area contributed by atoms with E-state index < -0.39 is 5.67 Å². The highest BCUT2D eigenvalue weighted by Gasteiger charge is 2.34. The molecule has 1 aliphatic rings. The number of aryl methyl sites for hydroxylation is 1. The van der Waals surface area contributed by atoms with Crippen LogP contribution in [0.25, 0.3) is 0 Å². The summed E-state index contributed by atoms with van der Waals surface area (Å²) in [7, 11) is 0. The van der Waals surface area contributed by atoms with Crippen LogP contribution >= 0.6 is 0 Å². The Kier molecular flexibility index (Phi) is 2.12. The molecule has 1 aliphatic heterocycles. The Morgan fingerprint density at radius 2 is 2.46 bits per heavy atom. The van der Waals surface area contributed by atoms with Gasteiger partial charge in [-0.25, -0.2) is 4.39 Å². The van der Waals surface area contributed by atoms with Crippen LogP contribution in [0.3, 0.4) is 0 Å². The maximum Gasteiger partial charge on any atom is 0.131 e. The maximum atomic E-state index is 13.9. The van der Waals surface area contributed by atoms with Crippen LogP contribution < -0.4 is 5.32 Å². The Morgan fingerprint density at radius 1 is 1.62 bits per heavy atom. The summed E-state index contributed by atoms with van der Waals surface area (Å²) in [6, 6.07) is 3.73.